The Labute approximate surface area is 135 Å². The molecular formula is C17H13F3N4. The Morgan fingerprint density at radius 1 is 0.958 bits per heavy atom. The molecule has 0 aliphatic carbocycles. The standard InChI is InChI=1S/C17H13F3N4/c1-11-21-22-16-8-7-13-14(24(11)16)9-15(17(18,19)20)23(13)10-12-5-3-2-4-6-12/h2-9H,10H2,1H3. The minimum absolute atomic E-state index is 0.145. The second-order valence-corrected chi connectivity index (χ2v) is 5.64. The van der Waals surface area contributed by atoms with E-state index in [0.29, 0.717) is 22.5 Å². The largest absolute Gasteiger partial charge is 0.431 e. The van der Waals surface area contributed by atoms with Gasteiger partial charge in [-0.05, 0) is 30.7 Å². The molecule has 4 aromatic rings. The lowest BCUT2D eigenvalue weighted by Gasteiger charge is -2.13. The topological polar surface area (TPSA) is 35.1 Å². The van der Waals surface area contributed by atoms with E-state index < -0.39 is 11.9 Å². The first kappa shape index (κ1) is 14.7. The zero-order valence-corrected chi connectivity index (χ0v) is 12.7. The quantitative estimate of drug-likeness (QED) is 0.555. The first-order chi connectivity index (χ1) is 11.4. The molecule has 0 atom stereocenters. The number of hydrogen-bond acceptors (Lipinski definition) is 2. The van der Waals surface area contributed by atoms with Crippen molar-refractivity contribution < 1.29 is 13.2 Å². The monoisotopic (exact) mass is 330 g/mol. The average Bonchev–Trinajstić information content (AvgIpc) is 3.09. The van der Waals surface area contributed by atoms with Crippen LogP contribution < -0.4 is 0 Å². The number of halogens is 3. The molecule has 0 spiro atoms. The summed E-state index contributed by atoms with van der Waals surface area (Å²) in [7, 11) is 0. The number of alkyl halides is 3. The lowest BCUT2D eigenvalue weighted by atomic mass is 10.2. The Kier molecular flexibility index (Phi) is 3.13. The Hall–Kier alpha value is -2.83. The van der Waals surface area contributed by atoms with Gasteiger partial charge in [-0.2, -0.15) is 13.2 Å². The minimum Gasteiger partial charge on any atom is -0.331 e. The van der Waals surface area contributed by atoms with Crippen molar-refractivity contribution in [2.45, 2.75) is 19.6 Å². The first-order valence-corrected chi connectivity index (χ1v) is 7.40. The third-order valence-corrected chi connectivity index (χ3v) is 4.07. The molecule has 0 N–H and O–H groups in total. The summed E-state index contributed by atoms with van der Waals surface area (Å²) in [5.41, 5.74) is 1.62. The molecule has 0 aliphatic rings. The Balaban J connectivity index is 2.02. The van der Waals surface area contributed by atoms with E-state index in [0.717, 1.165) is 5.56 Å². The van der Waals surface area contributed by atoms with Crippen LogP contribution >= 0.6 is 0 Å². The van der Waals surface area contributed by atoms with Gasteiger partial charge in [-0.25, -0.2) is 0 Å². The van der Waals surface area contributed by atoms with Crippen LogP contribution in [0.2, 0.25) is 0 Å². The predicted octanol–water partition coefficient (Wildman–Crippen LogP) is 4.06. The average molecular weight is 330 g/mol. The van der Waals surface area contributed by atoms with Crippen LogP contribution in [0.5, 0.6) is 0 Å². The molecule has 122 valence electrons. The normalized spacial score (nSPS) is 12.3. The molecule has 0 aliphatic heterocycles. The molecule has 3 heterocycles. The SMILES string of the molecule is Cc1nnc2ccc3c(cc(C(F)(F)F)n3Cc3ccccc3)n12. The number of benzene rings is 1. The van der Waals surface area contributed by atoms with Gasteiger partial charge in [0.2, 0.25) is 0 Å². The maximum Gasteiger partial charge on any atom is 0.431 e. The molecule has 7 heteroatoms. The van der Waals surface area contributed by atoms with Crippen molar-refractivity contribution in [1.82, 2.24) is 19.2 Å². The summed E-state index contributed by atoms with van der Waals surface area (Å²) in [6.07, 6.45) is -4.44. The summed E-state index contributed by atoms with van der Waals surface area (Å²) in [5.74, 6) is 0.557. The highest BCUT2D eigenvalue weighted by Gasteiger charge is 2.36. The molecule has 4 nitrogen and oxygen atoms in total. The van der Waals surface area contributed by atoms with Crippen LogP contribution in [0.1, 0.15) is 17.1 Å². The maximum atomic E-state index is 13.6. The van der Waals surface area contributed by atoms with Gasteiger partial charge in [-0.3, -0.25) is 4.40 Å². The van der Waals surface area contributed by atoms with Crippen molar-refractivity contribution in [1.29, 1.82) is 0 Å². The molecule has 0 fully saturated rings. The fraction of sp³-hybridized carbons (Fsp3) is 0.176. The molecule has 0 amide bonds. The van der Waals surface area contributed by atoms with E-state index in [1.54, 1.807) is 23.5 Å². The molecule has 1 aromatic carbocycles. The van der Waals surface area contributed by atoms with Crippen LogP contribution in [-0.2, 0) is 12.7 Å². The smallest absolute Gasteiger partial charge is 0.331 e. The molecule has 0 unspecified atom stereocenters. The number of hydrogen-bond donors (Lipinski definition) is 0. The summed E-state index contributed by atoms with van der Waals surface area (Å²) >= 11 is 0. The third kappa shape index (κ3) is 2.24. The minimum atomic E-state index is -4.44. The van der Waals surface area contributed by atoms with Crippen LogP contribution in [-0.4, -0.2) is 19.2 Å². The van der Waals surface area contributed by atoms with E-state index in [-0.39, 0.29) is 6.54 Å². The molecule has 4 rings (SSSR count). The number of rotatable bonds is 2. The van der Waals surface area contributed by atoms with Gasteiger partial charge in [0, 0.05) is 6.54 Å². The van der Waals surface area contributed by atoms with Crippen molar-refractivity contribution in [3.05, 3.63) is 65.6 Å². The number of pyridine rings is 1. The van der Waals surface area contributed by atoms with Crippen molar-refractivity contribution in [3.63, 3.8) is 0 Å². The number of aryl methyl sites for hydroxylation is 1. The van der Waals surface area contributed by atoms with Gasteiger partial charge in [-0.1, -0.05) is 30.3 Å². The zero-order valence-electron chi connectivity index (χ0n) is 12.7. The van der Waals surface area contributed by atoms with E-state index in [9.17, 15) is 13.2 Å². The zero-order chi connectivity index (χ0) is 16.9. The number of fused-ring (bicyclic) bond motifs is 3. The van der Waals surface area contributed by atoms with Gasteiger partial charge in [0.05, 0.1) is 11.0 Å². The highest BCUT2D eigenvalue weighted by Crippen LogP contribution is 2.35. The fourth-order valence-corrected chi connectivity index (χ4v) is 3.01. The molecule has 0 bridgehead atoms. The van der Waals surface area contributed by atoms with Gasteiger partial charge in [-0.15, -0.1) is 10.2 Å². The molecule has 0 saturated carbocycles. The summed E-state index contributed by atoms with van der Waals surface area (Å²) in [5, 5.41) is 7.93. The highest BCUT2D eigenvalue weighted by molar-refractivity contribution is 5.81. The van der Waals surface area contributed by atoms with Crippen LogP contribution in [0.25, 0.3) is 16.7 Å². The van der Waals surface area contributed by atoms with Gasteiger partial charge >= 0.3 is 6.18 Å². The van der Waals surface area contributed by atoms with Crippen LogP contribution in [0, 0.1) is 6.92 Å². The predicted molar refractivity (Wildman–Crippen MR) is 83.8 cm³/mol. The Bertz CT molecular complexity index is 1030. The van der Waals surface area contributed by atoms with E-state index in [1.165, 1.54) is 10.6 Å². The summed E-state index contributed by atoms with van der Waals surface area (Å²) in [4.78, 5) is 0. The molecule has 0 saturated heterocycles. The summed E-state index contributed by atoms with van der Waals surface area (Å²) < 4.78 is 43.6. The van der Waals surface area contributed by atoms with Gasteiger partial charge in [0.15, 0.2) is 5.65 Å². The van der Waals surface area contributed by atoms with Gasteiger partial charge in [0.25, 0.3) is 0 Å². The Morgan fingerprint density at radius 3 is 2.42 bits per heavy atom. The van der Waals surface area contributed by atoms with Crippen molar-refractivity contribution >= 4 is 16.7 Å². The van der Waals surface area contributed by atoms with E-state index in [4.69, 9.17) is 0 Å². The molecule has 3 aromatic heterocycles. The molecule has 24 heavy (non-hydrogen) atoms. The summed E-state index contributed by atoms with van der Waals surface area (Å²) in [6.45, 7) is 1.87. The lowest BCUT2D eigenvalue weighted by molar-refractivity contribution is -0.143. The second kappa shape index (κ2) is 5.09. The van der Waals surface area contributed by atoms with Gasteiger partial charge in [0.1, 0.15) is 11.5 Å². The van der Waals surface area contributed by atoms with E-state index in [1.807, 2.05) is 30.3 Å². The molecule has 0 radical (unpaired) electrons. The lowest BCUT2D eigenvalue weighted by Crippen LogP contribution is -2.14. The van der Waals surface area contributed by atoms with Crippen molar-refractivity contribution in [2.75, 3.05) is 0 Å². The number of aromatic nitrogens is 4. The van der Waals surface area contributed by atoms with Crippen LogP contribution in [0.15, 0.2) is 48.5 Å². The fourth-order valence-electron chi connectivity index (χ4n) is 3.01. The maximum absolute atomic E-state index is 13.6. The second-order valence-electron chi connectivity index (χ2n) is 5.64. The number of nitrogens with zero attached hydrogens (tertiary/aromatic N) is 4. The highest BCUT2D eigenvalue weighted by atomic mass is 19.4. The van der Waals surface area contributed by atoms with Gasteiger partial charge < -0.3 is 4.57 Å². The Morgan fingerprint density at radius 2 is 1.71 bits per heavy atom. The van der Waals surface area contributed by atoms with Crippen LogP contribution in [0.3, 0.4) is 0 Å². The summed E-state index contributed by atoms with van der Waals surface area (Å²) in [6, 6.07) is 13.6. The van der Waals surface area contributed by atoms with Crippen molar-refractivity contribution in [3.8, 4) is 0 Å². The van der Waals surface area contributed by atoms with Crippen molar-refractivity contribution in [2.24, 2.45) is 0 Å². The first-order valence-electron chi connectivity index (χ1n) is 7.40. The molecular weight excluding hydrogens is 317 g/mol. The third-order valence-electron chi connectivity index (χ3n) is 4.07. The van der Waals surface area contributed by atoms with E-state index >= 15 is 0 Å². The van der Waals surface area contributed by atoms with E-state index in [2.05, 4.69) is 10.2 Å². The van der Waals surface area contributed by atoms with Crippen LogP contribution in [0.4, 0.5) is 13.2 Å².